The molecule has 0 aromatic heterocycles. The third kappa shape index (κ3) is 2.87. The molecule has 2 aromatic rings. The summed E-state index contributed by atoms with van der Waals surface area (Å²) >= 11 is 0. The molecule has 6 nitrogen and oxygen atoms in total. The quantitative estimate of drug-likeness (QED) is 0.903. The fourth-order valence-corrected chi connectivity index (χ4v) is 3.80. The Balaban J connectivity index is 1.53. The van der Waals surface area contributed by atoms with Gasteiger partial charge >= 0.3 is 6.03 Å². The van der Waals surface area contributed by atoms with E-state index in [1.807, 2.05) is 47.4 Å². The van der Waals surface area contributed by atoms with E-state index >= 15 is 0 Å². The normalized spacial score (nSPS) is 19.0. The zero-order valence-electron chi connectivity index (χ0n) is 14.4. The van der Waals surface area contributed by atoms with Crippen LogP contribution in [0.15, 0.2) is 48.5 Å². The zero-order chi connectivity index (χ0) is 18.1. The molecule has 0 saturated carbocycles. The van der Waals surface area contributed by atoms with Gasteiger partial charge in [-0.3, -0.25) is 9.69 Å². The minimum atomic E-state index is -0.424. The fraction of sp³-hybridized carbons (Fsp3) is 0.300. The van der Waals surface area contributed by atoms with Crippen molar-refractivity contribution in [1.82, 2.24) is 4.90 Å². The van der Waals surface area contributed by atoms with Crippen molar-refractivity contribution in [3.05, 3.63) is 59.7 Å². The standard InChI is InChI=1S/C20H21N3O3/c21-19(24)16-6-2-1-5-15(16)14-9-10-22(13-14)20(25)23-11-12-26-18-8-4-3-7-17(18)23/h1-8,14H,9-13H2,(H2,21,24). The predicted molar refractivity (Wildman–Crippen MR) is 98.6 cm³/mol. The highest BCUT2D eigenvalue weighted by Crippen LogP contribution is 2.34. The van der Waals surface area contributed by atoms with Gasteiger partial charge in [-0.05, 0) is 30.2 Å². The van der Waals surface area contributed by atoms with Crippen molar-refractivity contribution in [3.8, 4) is 5.75 Å². The van der Waals surface area contributed by atoms with Crippen LogP contribution in [0.3, 0.4) is 0 Å². The predicted octanol–water partition coefficient (Wildman–Crippen LogP) is 2.59. The molecule has 0 spiro atoms. The van der Waals surface area contributed by atoms with Gasteiger partial charge in [0.1, 0.15) is 12.4 Å². The summed E-state index contributed by atoms with van der Waals surface area (Å²) in [6, 6.07) is 15.0. The summed E-state index contributed by atoms with van der Waals surface area (Å²) in [7, 11) is 0. The number of likely N-dealkylation sites (tertiary alicyclic amines) is 1. The molecule has 2 N–H and O–H groups in total. The minimum Gasteiger partial charge on any atom is -0.490 e. The van der Waals surface area contributed by atoms with E-state index in [2.05, 4.69) is 0 Å². The van der Waals surface area contributed by atoms with Crippen LogP contribution in [0, 0.1) is 0 Å². The van der Waals surface area contributed by atoms with E-state index in [-0.39, 0.29) is 11.9 Å². The molecule has 1 saturated heterocycles. The van der Waals surface area contributed by atoms with Crippen molar-refractivity contribution < 1.29 is 14.3 Å². The number of fused-ring (bicyclic) bond motifs is 1. The van der Waals surface area contributed by atoms with E-state index < -0.39 is 5.91 Å². The van der Waals surface area contributed by atoms with Gasteiger partial charge in [0.05, 0.1) is 12.2 Å². The van der Waals surface area contributed by atoms with Gasteiger partial charge < -0.3 is 15.4 Å². The number of para-hydroxylation sites is 2. The summed E-state index contributed by atoms with van der Waals surface area (Å²) in [6.45, 7) is 2.28. The molecule has 26 heavy (non-hydrogen) atoms. The van der Waals surface area contributed by atoms with Gasteiger partial charge in [-0.2, -0.15) is 0 Å². The first-order valence-electron chi connectivity index (χ1n) is 8.82. The molecule has 2 aliphatic rings. The average molecular weight is 351 g/mol. The Morgan fingerprint density at radius 2 is 1.81 bits per heavy atom. The van der Waals surface area contributed by atoms with Crippen LogP contribution in [0.5, 0.6) is 5.75 Å². The molecule has 1 fully saturated rings. The smallest absolute Gasteiger partial charge is 0.324 e. The van der Waals surface area contributed by atoms with Crippen LogP contribution in [0.2, 0.25) is 0 Å². The van der Waals surface area contributed by atoms with Gasteiger partial charge in [0, 0.05) is 24.6 Å². The highest BCUT2D eigenvalue weighted by molar-refractivity contribution is 5.95. The van der Waals surface area contributed by atoms with Gasteiger partial charge in [-0.15, -0.1) is 0 Å². The maximum absolute atomic E-state index is 13.1. The largest absolute Gasteiger partial charge is 0.490 e. The van der Waals surface area contributed by atoms with Crippen LogP contribution >= 0.6 is 0 Å². The van der Waals surface area contributed by atoms with E-state index in [1.165, 1.54) is 0 Å². The second-order valence-corrected chi connectivity index (χ2v) is 6.63. The summed E-state index contributed by atoms with van der Waals surface area (Å²) in [4.78, 5) is 28.4. The number of ether oxygens (including phenoxy) is 1. The molecule has 6 heteroatoms. The van der Waals surface area contributed by atoms with Crippen molar-refractivity contribution >= 4 is 17.6 Å². The molecule has 1 unspecified atom stereocenters. The molecule has 0 aliphatic carbocycles. The van der Waals surface area contributed by atoms with Crippen LogP contribution in [-0.2, 0) is 0 Å². The summed E-state index contributed by atoms with van der Waals surface area (Å²) in [5.41, 5.74) is 7.79. The Kier molecular flexibility index (Phi) is 4.24. The van der Waals surface area contributed by atoms with Gasteiger partial charge in [0.15, 0.2) is 0 Å². The summed E-state index contributed by atoms with van der Waals surface area (Å²) in [5, 5.41) is 0. The van der Waals surface area contributed by atoms with Gasteiger partial charge in [0.2, 0.25) is 5.91 Å². The topological polar surface area (TPSA) is 75.9 Å². The number of hydrogen-bond donors (Lipinski definition) is 1. The van der Waals surface area contributed by atoms with Crippen LogP contribution in [0.1, 0.15) is 28.3 Å². The van der Waals surface area contributed by atoms with Crippen molar-refractivity contribution in [2.24, 2.45) is 5.73 Å². The van der Waals surface area contributed by atoms with Crippen molar-refractivity contribution in [2.45, 2.75) is 12.3 Å². The van der Waals surface area contributed by atoms with Gasteiger partial charge in [0.25, 0.3) is 0 Å². The highest BCUT2D eigenvalue weighted by atomic mass is 16.5. The first kappa shape index (κ1) is 16.4. The molecule has 3 amide bonds. The molecular weight excluding hydrogens is 330 g/mol. The van der Waals surface area contributed by atoms with Gasteiger partial charge in [-0.25, -0.2) is 4.79 Å². The summed E-state index contributed by atoms with van der Waals surface area (Å²) < 4.78 is 5.64. The number of benzene rings is 2. The molecular formula is C20H21N3O3. The lowest BCUT2D eigenvalue weighted by Crippen LogP contribution is -2.45. The Hall–Kier alpha value is -3.02. The molecule has 2 aliphatic heterocycles. The van der Waals surface area contributed by atoms with Crippen molar-refractivity contribution in [1.29, 1.82) is 0 Å². The summed E-state index contributed by atoms with van der Waals surface area (Å²) in [5.74, 6) is 0.438. The molecule has 134 valence electrons. The Morgan fingerprint density at radius 1 is 1.04 bits per heavy atom. The highest BCUT2D eigenvalue weighted by Gasteiger charge is 2.33. The average Bonchev–Trinajstić information content (AvgIpc) is 3.17. The fourth-order valence-electron chi connectivity index (χ4n) is 3.80. The molecule has 1 atom stereocenters. The Labute approximate surface area is 152 Å². The molecule has 4 rings (SSSR count). The number of carbonyl (C=O) groups excluding carboxylic acids is 2. The number of urea groups is 1. The number of carbonyl (C=O) groups is 2. The number of nitrogens with zero attached hydrogens (tertiary/aromatic N) is 2. The lowest BCUT2D eigenvalue weighted by Gasteiger charge is -2.32. The van der Waals surface area contributed by atoms with Crippen molar-refractivity contribution in [2.75, 3.05) is 31.1 Å². The Bertz CT molecular complexity index is 852. The van der Waals surface area contributed by atoms with E-state index in [4.69, 9.17) is 10.5 Å². The monoisotopic (exact) mass is 351 g/mol. The minimum absolute atomic E-state index is 0.0141. The number of amides is 3. The lowest BCUT2D eigenvalue weighted by molar-refractivity contribution is 0.0999. The molecule has 0 radical (unpaired) electrons. The zero-order valence-corrected chi connectivity index (χ0v) is 14.4. The van der Waals surface area contributed by atoms with E-state index in [0.717, 1.165) is 23.4 Å². The SMILES string of the molecule is NC(=O)c1ccccc1C1CCN(C(=O)N2CCOc3ccccc32)C1. The number of primary amides is 1. The molecule has 2 aromatic carbocycles. The van der Waals surface area contributed by atoms with Gasteiger partial charge in [-0.1, -0.05) is 30.3 Å². The molecule has 0 bridgehead atoms. The number of nitrogens with two attached hydrogens (primary N) is 1. The second-order valence-electron chi connectivity index (χ2n) is 6.63. The molecule has 2 heterocycles. The van der Waals surface area contributed by atoms with E-state index in [9.17, 15) is 9.59 Å². The number of hydrogen-bond acceptors (Lipinski definition) is 3. The second kappa shape index (κ2) is 6.71. The van der Waals surface area contributed by atoms with E-state index in [0.29, 0.717) is 31.8 Å². The van der Waals surface area contributed by atoms with Crippen molar-refractivity contribution in [3.63, 3.8) is 0 Å². The van der Waals surface area contributed by atoms with Crippen LogP contribution in [0.4, 0.5) is 10.5 Å². The van der Waals surface area contributed by atoms with E-state index in [1.54, 1.807) is 11.0 Å². The first-order valence-corrected chi connectivity index (χ1v) is 8.82. The number of rotatable bonds is 2. The lowest BCUT2D eigenvalue weighted by atomic mass is 9.93. The van der Waals surface area contributed by atoms with Crippen LogP contribution < -0.4 is 15.4 Å². The third-order valence-corrected chi connectivity index (χ3v) is 5.08. The third-order valence-electron chi connectivity index (χ3n) is 5.08. The number of anilines is 1. The van der Waals surface area contributed by atoms with Crippen LogP contribution in [0.25, 0.3) is 0 Å². The maximum Gasteiger partial charge on any atom is 0.324 e. The summed E-state index contributed by atoms with van der Waals surface area (Å²) in [6.07, 6.45) is 0.821. The Morgan fingerprint density at radius 3 is 2.65 bits per heavy atom. The maximum atomic E-state index is 13.1. The first-order chi connectivity index (χ1) is 12.6. The van der Waals surface area contributed by atoms with Crippen LogP contribution in [-0.4, -0.2) is 43.1 Å².